The van der Waals surface area contributed by atoms with Gasteiger partial charge in [-0.3, -0.25) is 0 Å². The first-order chi connectivity index (χ1) is 9.94. The predicted molar refractivity (Wildman–Crippen MR) is 90.0 cm³/mol. The van der Waals surface area contributed by atoms with Crippen LogP contribution >= 0.6 is 0 Å². The van der Waals surface area contributed by atoms with Crippen LogP contribution < -0.4 is 0 Å². The molecule has 0 aromatic carbocycles. The highest BCUT2D eigenvalue weighted by Gasteiger charge is 2.54. The summed E-state index contributed by atoms with van der Waals surface area (Å²) in [6.45, 7) is 17.1. The molecule has 0 aliphatic carbocycles. The highest BCUT2D eigenvalue weighted by molar-refractivity contribution is 6.64. The molecule has 0 aromatic heterocycles. The molecule has 2 aliphatic heterocycles. The van der Waals surface area contributed by atoms with Gasteiger partial charge in [0.05, 0.1) is 0 Å². The Morgan fingerprint density at radius 2 is 1.95 bits per heavy atom. The number of nitrogens with zero attached hydrogens (tertiary/aromatic N) is 1. The molecule has 4 nitrogen and oxygen atoms in total. The Kier molecular flexibility index (Phi) is 4.42. The van der Waals surface area contributed by atoms with Gasteiger partial charge in [-0.1, -0.05) is 39.2 Å². The minimum atomic E-state index is -0.443. The lowest BCUT2D eigenvalue weighted by atomic mass is 9.37. The maximum atomic E-state index is 12.1. The van der Waals surface area contributed by atoms with Crippen molar-refractivity contribution in [1.29, 1.82) is 0 Å². The second-order valence-corrected chi connectivity index (χ2v) is 8.75. The van der Waals surface area contributed by atoms with Gasteiger partial charge < -0.3 is 14.3 Å². The van der Waals surface area contributed by atoms with E-state index in [1.165, 1.54) is 5.47 Å². The molecule has 0 saturated carbocycles. The topological polar surface area (TPSA) is 38.8 Å². The third-order valence-corrected chi connectivity index (χ3v) is 5.24. The number of carbonyl (C=O) groups excluding carboxylic acids is 1. The fourth-order valence-electron chi connectivity index (χ4n) is 3.03. The zero-order chi connectivity index (χ0) is 16.8. The van der Waals surface area contributed by atoms with Crippen LogP contribution in [0.5, 0.6) is 0 Å². The summed E-state index contributed by atoms with van der Waals surface area (Å²) in [6, 6.07) is 0. The molecule has 1 fully saturated rings. The van der Waals surface area contributed by atoms with E-state index in [4.69, 9.17) is 9.39 Å². The maximum absolute atomic E-state index is 12.1. The Balaban J connectivity index is 2.02. The van der Waals surface area contributed by atoms with Crippen molar-refractivity contribution < 1.29 is 14.2 Å². The molecule has 0 aromatic rings. The van der Waals surface area contributed by atoms with E-state index >= 15 is 0 Å². The summed E-state index contributed by atoms with van der Waals surface area (Å²) in [7, 11) is 0. The first-order valence-corrected chi connectivity index (χ1v) is 8.22. The molecular formula is C17H30BNO3. The zero-order valence-electron chi connectivity index (χ0n) is 15.2. The van der Waals surface area contributed by atoms with E-state index in [1.807, 2.05) is 20.8 Å². The van der Waals surface area contributed by atoms with Gasteiger partial charge in [-0.15, -0.1) is 0 Å². The van der Waals surface area contributed by atoms with Crippen molar-refractivity contribution in [2.75, 3.05) is 19.7 Å². The van der Waals surface area contributed by atoms with E-state index in [9.17, 15) is 4.79 Å². The average Bonchev–Trinajstić information content (AvgIpc) is 2.57. The average molecular weight is 307 g/mol. The van der Waals surface area contributed by atoms with Crippen molar-refractivity contribution in [2.24, 2.45) is 5.41 Å². The van der Waals surface area contributed by atoms with Crippen LogP contribution in [0.3, 0.4) is 0 Å². The summed E-state index contributed by atoms with van der Waals surface area (Å²) < 4.78 is 11.5. The molecule has 124 valence electrons. The standard InChI is InChI=1S/C17H30BNO3/c1-15(2,3)22-14(20)19-10-8-13(9-11-19)18-17(6,7)16(4,5)12-21-18/h8H,9-12H2,1-7H3. The zero-order valence-corrected chi connectivity index (χ0v) is 15.2. The molecule has 1 amide bonds. The quantitative estimate of drug-likeness (QED) is 0.689. The second kappa shape index (κ2) is 5.59. The molecule has 0 spiro atoms. The molecule has 0 atom stereocenters. The van der Waals surface area contributed by atoms with E-state index in [-0.39, 0.29) is 23.7 Å². The van der Waals surface area contributed by atoms with Gasteiger partial charge in [0.25, 0.3) is 0 Å². The van der Waals surface area contributed by atoms with E-state index < -0.39 is 5.60 Å². The van der Waals surface area contributed by atoms with Crippen LogP contribution in [0.25, 0.3) is 0 Å². The van der Waals surface area contributed by atoms with Gasteiger partial charge in [0.15, 0.2) is 0 Å². The number of carbonyl (C=O) groups is 1. The Bertz CT molecular complexity index is 477. The maximum Gasteiger partial charge on any atom is 0.410 e. The van der Waals surface area contributed by atoms with Crippen molar-refractivity contribution in [2.45, 2.75) is 65.8 Å². The smallest absolute Gasteiger partial charge is 0.410 e. The summed E-state index contributed by atoms with van der Waals surface area (Å²) in [5.74, 6) is 0. The fraction of sp³-hybridized carbons (Fsp3) is 0.824. The Hall–Kier alpha value is -0.965. The molecule has 0 N–H and O–H groups in total. The van der Waals surface area contributed by atoms with Gasteiger partial charge in [-0.05, 0) is 37.9 Å². The van der Waals surface area contributed by atoms with Crippen LogP contribution in [0.1, 0.15) is 54.9 Å². The van der Waals surface area contributed by atoms with Crippen LogP contribution in [0.2, 0.25) is 5.31 Å². The van der Waals surface area contributed by atoms with Crippen LogP contribution in [0, 0.1) is 5.41 Å². The van der Waals surface area contributed by atoms with Gasteiger partial charge in [0.1, 0.15) is 5.60 Å². The van der Waals surface area contributed by atoms with E-state index in [0.717, 1.165) is 13.0 Å². The summed E-state index contributed by atoms with van der Waals surface area (Å²) in [5, 5.41) is 0.104. The van der Waals surface area contributed by atoms with Gasteiger partial charge in [0, 0.05) is 19.7 Å². The molecule has 2 rings (SSSR count). The van der Waals surface area contributed by atoms with Gasteiger partial charge in [-0.25, -0.2) is 4.79 Å². The molecule has 22 heavy (non-hydrogen) atoms. The van der Waals surface area contributed by atoms with Crippen LogP contribution in [0.4, 0.5) is 4.79 Å². The normalized spacial score (nSPS) is 24.2. The molecule has 0 radical (unpaired) electrons. The van der Waals surface area contributed by atoms with E-state index in [2.05, 4.69) is 33.8 Å². The Morgan fingerprint density at radius 3 is 2.36 bits per heavy atom. The van der Waals surface area contributed by atoms with Crippen LogP contribution in [-0.2, 0) is 9.39 Å². The number of hydrogen-bond acceptors (Lipinski definition) is 3. The number of hydrogen-bond donors (Lipinski definition) is 0. The Morgan fingerprint density at radius 1 is 1.32 bits per heavy atom. The van der Waals surface area contributed by atoms with Crippen molar-refractivity contribution in [3.63, 3.8) is 0 Å². The largest absolute Gasteiger partial charge is 0.444 e. The molecule has 2 aliphatic rings. The second-order valence-electron chi connectivity index (χ2n) is 8.75. The highest BCUT2D eigenvalue weighted by Crippen LogP contribution is 2.54. The predicted octanol–water partition coefficient (Wildman–Crippen LogP) is 3.92. The van der Waals surface area contributed by atoms with Crippen molar-refractivity contribution in [3.05, 3.63) is 11.5 Å². The van der Waals surface area contributed by atoms with Crippen molar-refractivity contribution in [3.8, 4) is 0 Å². The lowest BCUT2D eigenvalue weighted by Crippen LogP contribution is -2.42. The molecule has 2 heterocycles. The van der Waals surface area contributed by atoms with Gasteiger partial charge in [-0.2, -0.15) is 0 Å². The summed E-state index contributed by atoms with van der Waals surface area (Å²) in [4.78, 5) is 13.9. The van der Waals surface area contributed by atoms with Crippen LogP contribution in [0.15, 0.2) is 11.5 Å². The minimum Gasteiger partial charge on any atom is -0.444 e. The van der Waals surface area contributed by atoms with Crippen molar-refractivity contribution in [1.82, 2.24) is 4.90 Å². The highest BCUT2D eigenvalue weighted by atomic mass is 16.6. The molecule has 0 unspecified atom stereocenters. The monoisotopic (exact) mass is 307 g/mol. The first-order valence-electron chi connectivity index (χ1n) is 8.22. The molecule has 1 saturated heterocycles. The molecular weight excluding hydrogens is 277 g/mol. The third-order valence-electron chi connectivity index (χ3n) is 5.24. The lowest BCUT2D eigenvalue weighted by molar-refractivity contribution is 0.0267. The van der Waals surface area contributed by atoms with E-state index in [0.29, 0.717) is 13.1 Å². The molecule has 0 bridgehead atoms. The SMILES string of the molecule is CC(C)(C)OC(=O)N1CC=C(B2OCC(C)(C)C2(C)C)CC1. The summed E-state index contributed by atoms with van der Waals surface area (Å²) in [5.41, 5.74) is 1.05. The van der Waals surface area contributed by atoms with E-state index in [1.54, 1.807) is 4.90 Å². The fourth-order valence-corrected chi connectivity index (χ4v) is 3.03. The number of amides is 1. The van der Waals surface area contributed by atoms with Crippen LogP contribution in [-0.4, -0.2) is 43.2 Å². The van der Waals surface area contributed by atoms with Crippen molar-refractivity contribution >= 4 is 13.0 Å². The third kappa shape index (κ3) is 3.34. The molecule has 5 heteroatoms. The summed E-state index contributed by atoms with van der Waals surface area (Å²) in [6.07, 6.45) is 2.79. The number of rotatable bonds is 1. The number of ether oxygens (including phenoxy) is 1. The van der Waals surface area contributed by atoms with Gasteiger partial charge >= 0.3 is 13.0 Å². The lowest BCUT2D eigenvalue weighted by Gasteiger charge is -2.37. The Labute approximate surface area is 135 Å². The minimum absolute atomic E-state index is 0.104. The summed E-state index contributed by atoms with van der Waals surface area (Å²) >= 11 is 0. The van der Waals surface area contributed by atoms with Gasteiger partial charge in [0.2, 0.25) is 0 Å². The first kappa shape index (κ1) is 17.4.